The number of pyridine rings is 1. The normalized spacial score (nSPS) is 11.5. The lowest BCUT2D eigenvalue weighted by molar-refractivity contribution is 0.476. The minimum Gasteiger partial charge on any atom is -0.506 e. The Morgan fingerprint density at radius 2 is 1.73 bits per heavy atom. The summed E-state index contributed by atoms with van der Waals surface area (Å²) in [6.07, 6.45) is 1.92. The number of aromatic hydroxyl groups is 1. The predicted octanol–water partition coefficient (Wildman–Crippen LogP) is 5.74. The van der Waals surface area contributed by atoms with Crippen LogP contribution in [0.2, 0.25) is 0 Å². The molecule has 2 aromatic carbocycles. The maximum absolute atomic E-state index is 10.0. The van der Waals surface area contributed by atoms with Gasteiger partial charge in [-0.2, -0.15) is 0 Å². The maximum atomic E-state index is 10.0. The van der Waals surface area contributed by atoms with Crippen LogP contribution in [0.1, 0.15) is 11.1 Å². The number of phenolic OH excluding ortho intramolecular Hbond substituents is 1. The third-order valence-electron chi connectivity index (χ3n) is 4.25. The Kier molecular flexibility index (Phi) is 3.97. The van der Waals surface area contributed by atoms with Crippen LogP contribution in [0.15, 0.2) is 77.1 Å². The van der Waals surface area contributed by atoms with Gasteiger partial charge in [-0.15, -0.1) is 10.2 Å². The highest BCUT2D eigenvalue weighted by atomic mass is 16.3. The largest absolute Gasteiger partial charge is 0.506 e. The number of imidazole rings is 1. The van der Waals surface area contributed by atoms with Crippen LogP contribution in [0, 0.1) is 13.8 Å². The van der Waals surface area contributed by atoms with Crippen molar-refractivity contribution >= 4 is 17.2 Å². The van der Waals surface area contributed by atoms with Gasteiger partial charge in [0.2, 0.25) is 0 Å². The predicted molar refractivity (Wildman–Crippen MR) is 102 cm³/mol. The number of hydrogen-bond donors (Lipinski definition) is 1. The summed E-state index contributed by atoms with van der Waals surface area (Å²) in [6, 6.07) is 19.2. The number of rotatable bonds is 3. The van der Waals surface area contributed by atoms with Gasteiger partial charge in [0.25, 0.3) is 0 Å². The van der Waals surface area contributed by atoms with Crippen molar-refractivity contribution in [3.05, 3.63) is 78.0 Å². The van der Waals surface area contributed by atoms with Gasteiger partial charge in [-0.1, -0.05) is 42.5 Å². The molecule has 0 aliphatic rings. The second-order valence-electron chi connectivity index (χ2n) is 6.23. The number of aryl methyl sites for hydroxylation is 2. The van der Waals surface area contributed by atoms with Gasteiger partial charge >= 0.3 is 0 Å². The Hall–Kier alpha value is -3.47. The summed E-state index contributed by atoms with van der Waals surface area (Å²) in [7, 11) is 0. The zero-order valence-corrected chi connectivity index (χ0v) is 14.6. The second kappa shape index (κ2) is 6.44. The molecule has 2 heterocycles. The van der Waals surface area contributed by atoms with E-state index < -0.39 is 0 Å². The maximum Gasteiger partial charge on any atom is 0.187 e. The molecule has 1 N–H and O–H groups in total. The molecular weight excluding hydrogens is 324 g/mol. The molecule has 0 amide bonds. The first-order chi connectivity index (χ1) is 12.6. The van der Waals surface area contributed by atoms with E-state index in [4.69, 9.17) is 4.98 Å². The number of azo groups is 1. The fraction of sp³-hybridized carbons (Fsp3) is 0.0952. The van der Waals surface area contributed by atoms with Gasteiger partial charge in [-0.25, -0.2) is 4.98 Å². The fourth-order valence-electron chi connectivity index (χ4n) is 2.89. The quantitative estimate of drug-likeness (QED) is 0.483. The summed E-state index contributed by atoms with van der Waals surface area (Å²) in [5.74, 6) is 0.737. The van der Waals surface area contributed by atoms with E-state index in [1.807, 2.05) is 73.0 Å². The molecule has 2 aromatic heterocycles. The zero-order valence-electron chi connectivity index (χ0n) is 14.6. The van der Waals surface area contributed by atoms with Crippen LogP contribution in [-0.4, -0.2) is 14.5 Å². The van der Waals surface area contributed by atoms with E-state index >= 15 is 0 Å². The minimum absolute atomic E-state index is 0.102. The van der Waals surface area contributed by atoms with Gasteiger partial charge in [0.1, 0.15) is 22.8 Å². The van der Waals surface area contributed by atoms with Crippen molar-refractivity contribution in [2.45, 2.75) is 13.8 Å². The highest BCUT2D eigenvalue weighted by molar-refractivity contribution is 5.75. The summed E-state index contributed by atoms with van der Waals surface area (Å²) in [5, 5.41) is 18.8. The molecule has 0 unspecified atom stereocenters. The zero-order chi connectivity index (χ0) is 18.1. The SMILES string of the molecule is Cc1ccc(O)c(N=Nc2c(-c3ccccc3)nc3c(C)cccn23)c1. The molecule has 0 atom stereocenters. The van der Waals surface area contributed by atoms with E-state index in [9.17, 15) is 5.11 Å². The molecule has 0 spiro atoms. The van der Waals surface area contributed by atoms with Crippen LogP contribution in [0.3, 0.4) is 0 Å². The van der Waals surface area contributed by atoms with Crippen LogP contribution in [0.5, 0.6) is 5.75 Å². The highest BCUT2D eigenvalue weighted by Gasteiger charge is 2.15. The molecule has 0 saturated carbocycles. The van der Waals surface area contributed by atoms with E-state index in [0.29, 0.717) is 11.5 Å². The van der Waals surface area contributed by atoms with Crippen molar-refractivity contribution in [1.82, 2.24) is 9.38 Å². The van der Waals surface area contributed by atoms with Crippen LogP contribution in [0.25, 0.3) is 16.9 Å². The van der Waals surface area contributed by atoms with Gasteiger partial charge in [0.05, 0.1) is 0 Å². The average molecular weight is 342 g/mol. The first kappa shape index (κ1) is 16.0. The monoisotopic (exact) mass is 342 g/mol. The molecule has 5 nitrogen and oxygen atoms in total. The van der Waals surface area contributed by atoms with Gasteiger partial charge in [0, 0.05) is 11.8 Å². The molecule has 0 radical (unpaired) electrons. The topological polar surface area (TPSA) is 62.2 Å². The summed E-state index contributed by atoms with van der Waals surface area (Å²) in [5.41, 5.74) is 5.08. The van der Waals surface area contributed by atoms with E-state index in [-0.39, 0.29) is 5.75 Å². The first-order valence-electron chi connectivity index (χ1n) is 8.38. The number of phenols is 1. The van der Waals surface area contributed by atoms with Crippen LogP contribution >= 0.6 is 0 Å². The van der Waals surface area contributed by atoms with E-state index in [0.717, 1.165) is 28.0 Å². The van der Waals surface area contributed by atoms with E-state index in [1.54, 1.807) is 12.1 Å². The Morgan fingerprint density at radius 3 is 2.54 bits per heavy atom. The van der Waals surface area contributed by atoms with Crippen molar-refractivity contribution in [2.24, 2.45) is 10.2 Å². The second-order valence-corrected chi connectivity index (χ2v) is 6.23. The molecule has 4 aromatic rings. The lowest BCUT2D eigenvalue weighted by atomic mass is 10.1. The van der Waals surface area contributed by atoms with E-state index in [1.165, 1.54) is 0 Å². The molecule has 4 rings (SSSR count). The lowest BCUT2D eigenvalue weighted by Gasteiger charge is -2.01. The van der Waals surface area contributed by atoms with Gasteiger partial charge in [0.15, 0.2) is 5.82 Å². The number of fused-ring (bicyclic) bond motifs is 1. The van der Waals surface area contributed by atoms with Crippen molar-refractivity contribution in [3.8, 4) is 17.0 Å². The standard InChI is InChI=1S/C21H18N4O/c1-14-10-11-18(26)17(13-14)23-24-21-19(16-8-4-3-5-9-16)22-20-15(2)7-6-12-25(20)21/h3-13,26H,1-2H3. The summed E-state index contributed by atoms with van der Waals surface area (Å²) in [6.45, 7) is 3.97. The van der Waals surface area contributed by atoms with Crippen molar-refractivity contribution < 1.29 is 5.11 Å². The third kappa shape index (κ3) is 2.84. The molecule has 0 aliphatic heterocycles. The van der Waals surface area contributed by atoms with Crippen molar-refractivity contribution in [2.75, 3.05) is 0 Å². The Balaban J connectivity index is 1.92. The van der Waals surface area contributed by atoms with Gasteiger partial charge < -0.3 is 5.11 Å². The van der Waals surface area contributed by atoms with Crippen molar-refractivity contribution in [3.63, 3.8) is 0 Å². The molecule has 0 aliphatic carbocycles. The molecule has 0 bridgehead atoms. The van der Waals surface area contributed by atoms with Gasteiger partial charge in [-0.05, 0) is 43.2 Å². The van der Waals surface area contributed by atoms with Crippen molar-refractivity contribution in [1.29, 1.82) is 0 Å². The number of benzene rings is 2. The number of aromatic nitrogens is 2. The average Bonchev–Trinajstić information content (AvgIpc) is 3.03. The molecule has 0 fully saturated rings. The molecule has 5 heteroatoms. The van der Waals surface area contributed by atoms with Crippen LogP contribution in [-0.2, 0) is 0 Å². The third-order valence-corrected chi connectivity index (χ3v) is 4.25. The Morgan fingerprint density at radius 1 is 0.923 bits per heavy atom. The number of nitrogens with zero attached hydrogens (tertiary/aromatic N) is 4. The van der Waals surface area contributed by atoms with Crippen LogP contribution in [0.4, 0.5) is 11.5 Å². The highest BCUT2D eigenvalue weighted by Crippen LogP contribution is 2.34. The summed E-state index contributed by atoms with van der Waals surface area (Å²) >= 11 is 0. The van der Waals surface area contributed by atoms with Crippen LogP contribution < -0.4 is 0 Å². The molecular formula is C21H18N4O. The molecule has 0 saturated heterocycles. The smallest absolute Gasteiger partial charge is 0.187 e. The Bertz CT molecular complexity index is 1110. The molecule has 128 valence electrons. The van der Waals surface area contributed by atoms with E-state index in [2.05, 4.69) is 10.2 Å². The van der Waals surface area contributed by atoms with Gasteiger partial charge in [-0.3, -0.25) is 4.40 Å². The Labute approximate surface area is 151 Å². The minimum atomic E-state index is 0.102. The fourth-order valence-corrected chi connectivity index (χ4v) is 2.89. The first-order valence-corrected chi connectivity index (χ1v) is 8.38. The summed E-state index contributed by atoms with van der Waals surface area (Å²) < 4.78 is 1.92. The number of hydrogen-bond acceptors (Lipinski definition) is 4. The molecule has 26 heavy (non-hydrogen) atoms. The lowest BCUT2D eigenvalue weighted by Crippen LogP contribution is -1.85. The summed E-state index contributed by atoms with van der Waals surface area (Å²) in [4.78, 5) is 4.78.